The van der Waals surface area contributed by atoms with Gasteiger partial charge >= 0.3 is 17.9 Å². The second-order valence-corrected chi connectivity index (χ2v) is 42.9. The molecule has 0 saturated heterocycles. The standard InChI is InChI=1S/3C25H33ClO3Si/c3*1-7-20(17-23(27)28-18-19-12-9-8-10-13-19)24(21-14-11-15-22(26)16-21)29-30(5,6)25(2,3)4/h3*7-16,20,24H,1,17-18H2,2-6H3/t2*20-,24+;20-,24-/m101/s1. The minimum Gasteiger partial charge on any atom is -0.461 e. The van der Waals surface area contributed by atoms with E-state index in [2.05, 4.69) is 121 Å². The number of ether oxygens (including phenoxy) is 3. The summed E-state index contributed by atoms with van der Waals surface area (Å²) in [6.45, 7) is 45.8. The Kier molecular flexibility index (Phi) is 30.2. The number of carbonyl (C=O) groups is 3. The summed E-state index contributed by atoms with van der Waals surface area (Å²) in [7, 11) is -6.34. The van der Waals surface area contributed by atoms with Crippen LogP contribution in [-0.4, -0.2) is 42.9 Å². The number of halogens is 3. The van der Waals surface area contributed by atoms with Crippen molar-refractivity contribution in [3.63, 3.8) is 0 Å². The third kappa shape index (κ3) is 25.1. The molecule has 0 aliphatic rings. The number of esters is 3. The van der Waals surface area contributed by atoms with Crippen LogP contribution in [0.15, 0.2) is 202 Å². The van der Waals surface area contributed by atoms with Gasteiger partial charge in [-0.25, -0.2) is 0 Å². The third-order valence-corrected chi connectivity index (χ3v) is 31.3. The zero-order valence-corrected chi connectivity index (χ0v) is 61.2. The molecule has 0 amide bonds. The van der Waals surface area contributed by atoms with Gasteiger partial charge < -0.3 is 27.5 Å². The van der Waals surface area contributed by atoms with Gasteiger partial charge in [-0.05, 0) is 124 Å². The largest absolute Gasteiger partial charge is 0.461 e. The van der Waals surface area contributed by atoms with Crippen LogP contribution in [0.5, 0.6) is 0 Å². The maximum absolute atomic E-state index is 12.6. The number of rotatable bonds is 27. The van der Waals surface area contributed by atoms with E-state index < -0.39 is 25.0 Å². The zero-order chi connectivity index (χ0) is 67.1. The molecule has 0 spiro atoms. The summed E-state index contributed by atoms with van der Waals surface area (Å²) in [5, 5.41) is 2.03. The molecular weight excluding hydrogens is 1240 g/mol. The Morgan fingerprint density at radius 3 is 0.789 bits per heavy atom. The van der Waals surface area contributed by atoms with Crippen LogP contribution in [0, 0.1) is 17.8 Å². The fraction of sp³-hybridized carbons (Fsp3) is 0.400. The molecule has 0 fully saturated rings. The van der Waals surface area contributed by atoms with Crippen molar-refractivity contribution in [2.75, 3.05) is 0 Å². The molecule has 15 heteroatoms. The second kappa shape index (κ2) is 35.4. The van der Waals surface area contributed by atoms with Crippen molar-refractivity contribution in [1.82, 2.24) is 0 Å². The lowest BCUT2D eigenvalue weighted by Crippen LogP contribution is -2.43. The van der Waals surface area contributed by atoms with Gasteiger partial charge in [0.1, 0.15) is 19.8 Å². The van der Waals surface area contributed by atoms with Gasteiger partial charge in [0.2, 0.25) is 0 Å². The van der Waals surface area contributed by atoms with Crippen molar-refractivity contribution in [2.45, 2.75) is 174 Å². The Labute approximate surface area is 557 Å². The Bertz CT molecular complexity index is 2870. The van der Waals surface area contributed by atoms with E-state index >= 15 is 0 Å². The maximum Gasteiger partial charge on any atom is 0.306 e. The lowest BCUT2D eigenvalue weighted by Gasteiger charge is -2.41. The van der Waals surface area contributed by atoms with Crippen molar-refractivity contribution in [3.8, 4) is 0 Å². The highest BCUT2D eigenvalue weighted by Gasteiger charge is 2.44. The molecule has 6 atom stereocenters. The van der Waals surface area contributed by atoms with Crippen molar-refractivity contribution in [2.24, 2.45) is 17.8 Å². The molecule has 0 heterocycles. The molecule has 0 N–H and O–H groups in total. The second-order valence-electron chi connectivity index (χ2n) is 27.3. The topological polar surface area (TPSA) is 107 Å². The van der Waals surface area contributed by atoms with Crippen molar-refractivity contribution in [1.29, 1.82) is 0 Å². The van der Waals surface area contributed by atoms with Gasteiger partial charge in [0, 0.05) is 32.8 Å². The maximum atomic E-state index is 12.6. The SMILES string of the molecule is C=C[C@@H](CC(=O)OCc1ccccc1)[C@@H](O[Si](C)(C)C(C)(C)C)c1cccc(Cl)c1.C=C[C@H](CC(=O)OCc1ccccc1)[C@@H](O[Si](C)(C)C(C)(C)C)c1cccc(Cl)c1.C=C[C@H](CC(=O)OCc1ccccc1)[C@H](O[Si](C)(C)C(C)(C)C)c1cccc(Cl)c1. The van der Waals surface area contributed by atoms with E-state index in [0.29, 0.717) is 15.1 Å². The first-order valence-electron chi connectivity index (χ1n) is 30.9. The minimum atomic E-state index is -2.11. The monoisotopic (exact) mass is 1330 g/mol. The molecule has 0 unspecified atom stereocenters. The quantitative estimate of drug-likeness (QED) is 0.0216. The van der Waals surface area contributed by atoms with E-state index in [1.54, 1.807) is 18.2 Å². The molecule has 0 aromatic heterocycles. The Morgan fingerprint density at radius 2 is 0.600 bits per heavy atom. The van der Waals surface area contributed by atoms with Gasteiger partial charge in [0.05, 0.1) is 37.6 Å². The zero-order valence-electron chi connectivity index (χ0n) is 56.0. The summed E-state index contributed by atoms with van der Waals surface area (Å²) in [5.74, 6) is -1.47. The lowest BCUT2D eigenvalue weighted by molar-refractivity contribution is -0.147. The average molecular weight is 1340 g/mol. The summed E-state index contributed by atoms with van der Waals surface area (Å²) < 4.78 is 36.8. The predicted octanol–water partition coefficient (Wildman–Crippen LogP) is 22.0. The molecule has 0 aliphatic heterocycles. The van der Waals surface area contributed by atoms with Crippen LogP contribution in [0.1, 0.15) is 133 Å². The summed E-state index contributed by atoms with van der Waals surface area (Å²) in [6, 6.07) is 52.0. The average Bonchev–Trinajstić information content (AvgIpc) is 0.919. The van der Waals surface area contributed by atoms with Crippen LogP contribution < -0.4 is 0 Å². The minimum absolute atomic E-state index is 0.0311. The molecule has 90 heavy (non-hydrogen) atoms. The molecule has 486 valence electrons. The highest BCUT2D eigenvalue weighted by Crippen LogP contribution is 2.46. The normalized spacial score (nSPS) is 14.1. The fourth-order valence-corrected chi connectivity index (χ4v) is 13.1. The summed E-state index contributed by atoms with van der Waals surface area (Å²) in [5.41, 5.74) is 5.74. The van der Waals surface area contributed by atoms with Crippen molar-refractivity contribution >= 4 is 77.7 Å². The predicted molar refractivity (Wildman–Crippen MR) is 381 cm³/mol. The molecule has 0 radical (unpaired) electrons. The molecule has 0 bridgehead atoms. The Balaban J connectivity index is 0.000000288. The molecule has 0 aliphatic carbocycles. The molecule has 6 aromatic carbocycles. The summed E-state index contributed by atoms with van der Waals surface area (Å²) in [4.78, 5) is 37.8. The van der Waals surface area contributed by atoms with Crippen LogP contribution in [0.4, 0.5) is 0 Å². The van der Waals surface area contributed by atoms with Crippen molar-refractivity contribution < 1.29 is 41.9 Å². The van der Waals surface area contributed by atoms with Crippen LogP contribution >= 0.6 is 34.8 Å². The van der Waals surface area contributed by atoms with Crippen LogP contribution in [0.3, 0.4) is 0 Å². The van der Waals surface area contributed by atoms with Crippen LogP contribution in [0.2, 0.25) is 69.5 Å². The molecule has 9 nitrogen and oxygen atoms in total. The molecule has 0 saturated carbocycles. The fourth-order valence-electron chi connectivity index (χ4n) is 8.65. The van der Waals surface area contributed by atoms with Crippen LogP contribution in [-0.2, 0) is 61.7 Å². The third-order valence-electron chi connectivity index (χ3n) is 17.2. The number of hydrogen-bond acceptors (Lipinski definition) is 9. The van der Waals surface area contributed by atoms with Gasteiger partial charge in [-0.15, -0.1) is 19.7 Å². The highest BCUT2D eigenvalue weighted by molar-refractivity contribution is 6.75. The molecule has 6 rings (SSSR count). The Morgan fingerprint density at radius 1 is 0.378 bits per heavy atom. The van der Waals surface area contributed by atoms with Gasteiger partial charge in [0.25, 0.3) is 0 Å². The van der Waals surface area contributed by atoms with E-state index in [4.69, 9.17) is 62.3 Å². The van der Waals surface area contributed by atoms with Gasteiger partial charge in [-0.3, -0.25) is 14.4 Å². The van der Waals surface area contributed by atoms with Gasteiger partial charge in [0.15, 0.2) is 25.0 Å². The summed E-state index contributed by atoms with van der Waals surface area (Å²) in [6.07, 6.45) is 5.03. The molecule has 6 aromatic rings. The molecular formula is C75H99Cl3O9Si3. The van der Waals surface area contributed by atoms with Crippen LogP contribution in [0.25, 0.3) is 0 Å². The first kappa shape index (κ1) is 76.8. The van der Waals surface area contributed by atoms with E-state index in [1.807, 2.05) is 164 Å². The van der Waals surface area contributed by atoms with Gasteiger partial charge in [-0.2, -0.15) is 0 Å². The van der Waals surface area contributed by atoms with Gasteiger partial charge in [-0.1, -0.05) is 243 Å². The number of hydrogen-bond donors (Lipinski definition) is 0. The van der Waals surface area contributed by atoms with E-state index in [9.17, 15) is 14.4 Å². The number of carbonyl (C=O) groups excluding carboxylic acids is 3. The highest BCUT2D eigenvalue weighted by atomic mass is 35.5. The van der Waals surface area contributed by atoms with Crippen molar-refractivity contribution in [3.05, 3.63) is 250 Å². The number of benzene rings is 6. The lowest BCUT2D eigenvalue weighted by atomic mass is 9.93. The van der Waals surface area contributed by atoms with E-state index in [1.165, 1.54) is 0 Å². The summed E-state index contributed by atoms with van der Waals surface area (Å²) >= 11 is 18.8. The van der Waals surface area contributed by atoms with E-state index in [-0.39, 0.29) is 108 Å². The Hall–Kier alpha value is -5.65. The first-order chi connectivity index (χ1) is 42.1. The van der Waals surface area contributed by atoms with E-state index in [0.717, 1.165) is 33.4 Å². The smallest absolute Gasteiger partial charge is 0.306 e. The first-order valence-corrected chi connectivity index (χ1v) is 40.7.